The first-order chi connectivity index (χ1) is 12.0. The number of amides is 3. The van der Waals surface area contributed by atoms with E-state index in [9.17, 15) is 14.4 Å². The molecule has 2 atom stereocenters. The average Bonchev–Trinajstić information content (AvgIpc) is 2.61. The fraction of sp³-hybridized carbons (Fsp3) is 0.500. The van der Waals surface area contributed by atoms with Crippen LogP contribution >= 0.6 is 0 Å². The van der Waals surface area contributed by atoms with Crippen molar-refractivity contribution >= 4 is 17.9 Å². The predicted molar refractivity (Wildman–Crippen MR) is 91.1 cm³/mol. The van der Waals surface area contributed by atoms with Crippen LogP contribution in [0.3, 0.4) is 0 Å². The van der Waals surface area contributed by atoms with E-state index in [1.54, 1.807) is 17.0 Å². The summed E-state index contributed by atoms with van der Waals surface area (Å²) < 4.78 is 5.36. The number of carbonyl (C=O) groups is 3. The number of nitrogens with one attached hydrogen (secondary N) is 1. The van der Waals surface area contributed by atoms with Gasteiger partial charge in [-0.05, 0) is 25.5 Å². The average molecular weight is 345 g/mol. The van der Waals surface area contributed by atoms with Crippen LogP contribution in [-0.4, -0.2) is 59.4 Å². The summed E-state index contributed by atoms with van der Waals surface area (Å²) in [4.78, 5) is 40.2. The highest BCUT2D eigenvalue weighted by Gasteiger charge is 2.44. The molecule has 1 aromatic carbocycles. The Morgan fingerprint density at radius 1 is 1.24 bits per heavy atom. The van der Waals surface area contributed by atoms with Crippen LogP contribution in [0.25, 0.3) is 0 Å². The van der Waals surface area contributed by atoms with Gasteiger partial charge >= 0.3 is 6.09 Å². The van der Waals surface area contributed by atoms with E-state index in [1.807, 2.05) is 26.0 Å². The summed E-state index contributed by atoms with van der Waals surface area (Å²) in [6, 6.07) is 6.11. The van der Waals surface area contributed by atoms with E-state index in [4.69, 9.17) is 4.74 Å². The lowest BCUT2D eigenvalue weighted by atomic mass is 10.0. The molecule has 0 spiro atoms. The number of ether oxygens (including phenoxy) is 1. The molecule has 2 aliphatic rings. The van der Waals surface area contributed by atoms with Crippen LogP contribution in [0.1, 0.15) is 25.3 Å². The molecule has 0 saturated carbocycles. The Bertz CT molecular complexity index is 673. The Kier molecular flexibility index (Phi) is 4.92. The summed E-state index contributed by atoms with van der Waals surface area (Å²) in [6.45, 7) is 4.79. The van der Waals surface area contributed by atoms with Gasteiger partial charge in [0.15, 0.2) is 0 Å². The summed E-state index contributed by atoms with van der Waals surface area (Å²) in [5.74, 6) is 0.203. The van der Waals surface area contributed by atoms with Gasteiger partial charge in [-0.2, -0.15) is 0 Å². The van der Waals surface area contributed by atoms with Crippen LogP contribution < -0.4 is 10.1 Å². The summed E-state index contributed by atoms with van der Waals surface area (Å²) in [5, 5.41) is 2.77. The maximum Gasteiger partial charge on any atom is 0.415 e. The molecule has 3 rings (SSSR count). The zero-order chi connectivity index (χ0) is 18.0. The van der Waals surface area contributed by atoms with Crippen molar-refractivity contribution in [1.29, 1.82) is 0 Å². The Hall–Kier alpha value is -2.57. The largest absolute Gasteiger partial charge is 0.415 e. The second kappa shape index (κ2) is 7.13. The minimum Gasteiger partial charge on any atom is -0.410 e. The lowest BCUT2D eigenvalue weighted by molar-refractivity contribution is -0.152. The molecule has 2 heterocycles. The number of rotatable bonds is 3. The number of benzene rings is 1. The molecule has 7 heteroatoms. The Morgan fingerprint density at radius 3 is 2.64 bits per heavy atom. The quantitative estimate of drug-likeness (QED) is 0.896. The van der Waals surface area contributed by atoms with Crippen molar-refractivity contribution in [2.24, 2.45) is 0 Å². The topological polar surface area (TPSA) is 79.0 Å². The van der Waals surface area contributed by atoms with E-state index in [2.05, 4.69) is 5.32 Å². The van der Waals surface area contributed by atoms with E-state index >= 15 is 0 Å². The normalized spacial score (nSPS) is 23.1. The van der Waals surface area contributed by atoms with Gasteiger partial charge in [-0.3, -0.25) is 9.59 Å². The van der Waals surface area contributed by atoms with Gasteiger partial charge < -0.3 is 19.9 Å². The monoisotopic (exact) mass is 345 g/mol. The molecule has 7 nitrogen and oxygen atoms in total. The van der Waals surface area contributed by atoms with E-state index in [0.717, 1.165) is 12.0 Å². The standard InChI is InChI=1S/C18H23N3O4/c1-3-4-14-17(23)21-10-9-20(11-15(21)16(22)19-14)18(24)25-13-7-5-12(2)6-8-13/h5-8,14-15H,3-4,9-11H2,1-2H3,(H,19,22)/t14-,15+/m0/s1. The minimum atomic E-state index is -0.639. The van der Waals surface area contributed by atoms with Crippen molar-refractivity contribution in [3.05, 3.63) is 29.8 Å². The second-order valence-corrected chi connectivity index (χ2v) is 6.52. The van der Waals surface area contributed by atoms with E-state index in [0.29, 0.717) is 25.3 Å². The number of fused-ring (bicyclic) bond motifs is 1. The van der Waals surface area contributed by atoms with Gasteiger partial charge in [-0.25, -0.2) is 4.79 Å². The number of carbonyl (C=O) groups excluding carboxylic acids is 3. The molecule has 0 radical (unpaired) electrons. The number of nitrogens with zero attached hydrogens (tertiary/aromatic N) is 2. The summed E-state index contributed by atoms with van der Waals surface area (Å²) in [6.07, 6.45) is 0.955. The molecular formula is C18H23N3O4. The van der Waals surface area contributed by atoms with Crippen LogP contribution in [-0.2, 0) is 9.59 Å². The highest BCUT2D eigenvalue weighted by Crippen LogP contribution is 2.20. The lowest BCUT2D eigenvalue weighted by Crippen LogP contribution is -2.69. The molecular weight excluding hydrogens is 322 g/mol. The molecule has 0 aromatic heterocycles. The van der Waals surface area contributed by atoms with Gasteiger partial charge in [0.2, 0.25) is 11.8 Å². The van der Waals surface area contributed by atoms with Crippen molar-refractivity contribution < 1.29 is 19.1 Å². The van der Waals surface area contributed by atoms with E-state index in [1.165, 1.54) is 4.90 Å². The van der Waals surface area contributed by atoms with Crippen molar-refractivity contribution in [3.8, 4) is 5.75 Å². The number of hydrogen-bond donors (Lipinski definition) is 1. The van der Waals surface area contributed by atoms with E-state index < -0.39 is 18.2 Å². The van der Waals surface area contributed by atoms with Gasteiger partial charge in [0, 0.05) is 13.1 Å². The van der Waals surface area contributed by atoms with Gasteiger partial charge in [0.1, 0.15) is 17.8 Å². The van der Waals surface area contributed by atoms with Crippen LogP contribution in [0.4, 0.5) is 4.79 Å². The van der Waals surface area contributed by atoms with Gasteiger partial charge in [-0.1, -0.05) is 31.0 Å². The molecule has 0 bridgehead atoms. The highest BCUT2D eigenvalue weighted by atomic mass is 16.6. The third kappa shape index (κ3) is 3.60. The Labute approximate surface area is 146 Å². The highest BCUT2D eigenvalue weighted by molar-refractivity contribution is 5.97. The predicted octanol–water partition coefficient (Wildman–Crippen LogP) is 1.31. The SMILES string of the molecule is CCC[C@@H]1NC(=O)[C@H]2CN(C(=O)Oc3ccc(C)cc3)CCN2C1=O. The summed E-state index contributed by atoms with van der Waals surface area (Å²) >= 11 is 0. The smallest absolute Gasteiger partial charge is 0.410 e. The zero-order valence-electron chi connectivity index (χ0n) is 14.5. The van der Waals surface area contributed by atoms with Gasteiger partial charge in [0.25, 0.3) is 0 Å². The molecule has 2 saturated heterocycles. The first-order valence-corrected chi connectivity index (χ1v) is 8.64. The molecule has 3 amide bonds. The maximum absolute atomic E-state index is 12.5. The van der Waals surface area contributed by atoms with Gasteiger partial charge in [-0.15, -0.1) is 0 Å². The van der Waals surface area contributed by atoms with E-state index in [-0.39, 0.29) is 18.4 Å². The Balaban J connectivity index is 1.64. The van der Waals surface area contributed by atoms with Gasteiger partial charge in [0.05, 0.1) is 6.54 Å². The molecule has 1 N–H and O–H groups in total. The fourth-order valence-corrected chi connectivity index (χ4v) is 3.22. The second-order valence-electron chi connectivity index (χ2n) is 6.52. The van der Waals surface area contributed by atoms with Crippen LogP contribution in [0.2, 0.25) is 0 Å². The maximum atomic E-state index is 12.5. The molecule has 0 unspecified atom stereocenters. The number of hydrogen-bond acceptors (Lipinski definition) is 4. The summed E-state index contributed by atoms with van der Waals surface area (Å²) in [5.41, 5.74) is 1.08. The lowest BCUT2D eigenvalue weighted by Gasteiger charge is -2.44. The molecule has 25 heavy (non-hydrogen) atoms. The summed E-state index contributed by atoms with van der Waals surface area (Å²) in [7, 11) is 0. The van der Waals surface area contributed by atoms with Crippen LogP contribution in [0.15, 0.2) is 24.3 Å². The van der Waals surface area contributed by atoms with Crippen molar-refractivity contribution in [2.45, 2.75) is 38.8 Å². The van der Waals surface area contributed by atoms with Crippen LogP contribution in [0.5, 0.6) is 5.75 Å². The van der Waals surface area contributed by atoms with Crippen LogP contribution in [0, 0.1) is 6.92 Å². The first kappa shape index (κ1) is 17.3. The zero-order valence-corrected chi connectivity index (χ0v) is 14.5. The fourth-order valence-electron chi connectivity index (χ4n) is 3.22. The molecule has 0 aliphatic carbocycles. The van der Waals surface area contributed by atoms with Crippen molar-refractivity contribution in [3.63, 3.8) is 0 Å². The molecule has 2 fully saturated rings. The third-order valence-electron chi connectivity index (χ3n) is 4.64. The Morgan fingerprint density at radius 2 is 1.96 bits per heavy atom. The van der Waals surface area contributed by atoms with Crippen molar-refractivity contribution in [1.82, 2.24) is 15.1 Å². The molecule has 1 aromatic rings. The van der Waals surface area contributed by atoms with Crippen molar-refractivity contribution in [2.75, 3.05) is 19.6 Å². The first-order valence-electron chi connectivity index (χ1n) is 8.64. The molecule has 2 aliphatic heterocycles. The number of aryl methyl sites for hydroxylation is 1. The molecule has 134 valence electrons. The minimum absolute atomic E-state index is 0.0574. The number of piperazine rings is 2. The third-order valence-corrected chi connectivity index (χ3v) is 4.64.